The number of nitrogens with one attached hydrogen (secondary N) is 1. The number of pyridine rings is 2. The molecule has 196 valence electrons. The Kier molecular flexibility index (Phi) is 9.25. The van der Waals surface area contributed by atoms with E-state index in [1.807, 2.05) is 54.9 Å². The molecule has 1 fully saturated rings. The number of amides is 1. The molecule has 3 heterocycles. The van der Waals surface area contributed by atoms with E-state index in [0.29, 0.717) is 12.2 Å². The van der Waals surface area contributed by atoms with E-state index in [1.54, 1.807) is 19.4 Å². The van der Waals surface area contributed by atoms with Crippen molar-refractivity contribution in [3.8, 4) is 5.75 Å². The second kappa shape index (κ2) is 12.6. The number of para-hydroxylation sites is 1. The Labute approximate surface area is 211 Å². The van der Waals surface area contributed by atoms with Crippen molar-refractivity contribution in [1.82, 2.24) is 15.3 Å². The van der Waals surface area contributed by atoms with E-state index in [2.05, 4.69) is 25.1 Å². The van der Waals surface area contributed by atoms with Crippen molar-refractivity contribution < 1.29 is 32.6 Å². The zero-order chi connectivity index (χ0) is 26.8. The number of benzene rings is 1. The zero-order valence-corrected chi connectivity index (χ0v) is 20.0. The molecule has 4 rings (SSSR count). The Balaban J connectivity index is 0.000000479. The van der Waals surface area contributed by atoms with Crippen LogP contribution in [0.25, 0.3) is 0 Å². The molecule has 1 aliphatic rings. The molecule has 2 N–H and O–H groups in total. The highest BCUT2D eigenvalue weighted by atomic mass is 19.4. The summed E-state index contributed by atoms with van der Waals surface area (Å²) < 4.78 is 37.1. The molecular weight excluding hydrogens is 491 g/mol. The second-order valence-corrected chi connectivity index (χ2v) is 7.88. The van der Waals surface area contributed by atoms with Gasteiger partial charge in [-0.1, -0.05) is 18.2 Å². The maximum absolute atomic E-state index is 12.5. The van der Waals surface area contributed by atoms with E-state index in [0.717, 1.165) is 43.2 Å². The quantitative estimate of drug-likeness (QED) is 0.513. The topological polar surface area (TPSA) is 108 Å². The lowest BCUT2D eigenvalue weighted by Gasteiger charge is -2.37. The van der Waals surface area contributed by atoms with Crippen molar-refractivity contribution in [2.24, 2.45) is 0 Å². The Bertz CT molecular complexity index is 1170. The summed E-state index contributed by atoms with van der Waals surface area (Å²) in [5, 5.41) is 10.0. The van der Waals surface area contributed by atoms with E-state index in [4.69, 9.17) is 14.6 Å². The number of aliphatic carboxylic acids is 1. The van der Waals surface area contributed by atoms with Gasteiger partial charge in [-0.15, -0.1) is 0 Å². The van der Waals surface area contributed by atoms with Gasteiger partial charge in [0, 0.05) is 56.4 Å². The summed E-state index contributed by atoms with van der Waals surface area (Å²) in [5.41, 5.74) is 3.57. The van der Waals surface area contributed by atoms with Crippen molar-refractivity contribution >= 4 is 23.3 Å². The molecule has 3 aromatic rings. The van der Waals surface area contributed by atoms with Crippen LogP contribution in [0.5, 0.6) is 5.75 Å². The van der Waals surface area contributed by atoms with Crippen molar-refractivity contribution in [1.29, 1.82) is 0 Å². The normalized spacial score (nSPS) is 13.3. The lowest BCUT2D eigenvalue weighted by atomic mass is 10.2. The zero-order valence-electron chi connectivity index (χ0n) is 20.0. The van der Waals surface area contributed by atoms with Crippen LogP contribution in [0.4, 0.5) is 24.5 Å². The van der Waals surface area contributed by atoms with Gasteiger partial charge in [0.05, 0.1) is 19.0 Å². The molecule has 1 aliphatic heterocycles. The summed E-state index contributed by atoms with van der Waals surface area (Å²) in [4.78, 5) is 34.5. The summed E-state index contributed by atoms with van der Waals surface area (Å²) >= 11 is 0. The van der Waals surface area contributed by atoms with Crippen molar-refractivity contribution in [2.45, 2.75) is 12.7 Å². The average molecular weight is 518 g/mol. The van der Waals surface area contributed by atoms with Gasteiger partial charge in [0.2, 0.25) is 0 Å². The van der Waals surface area contributed by atoms with Crippen LogP contribution in [0.15, 0.2) is 67.1 Å². The standard InChI is InChI=1S/C23H25N5O2.C2HF3O2/c1-30-22-5-3-2-4-18(22)16-26-23(29)21-7-6-20(17-25-21)28-14-12-27(13-15-28)19-8-10-24-11-9-19;3-2(4,5)1(6)7/h2-11,17H,12-16H2,1H3,(H,26,29);(H,6,7). The molecule has 1 aromatic carbocycles. The van der Waals surface area contributed by atoms with Gasteiger partial charge in [0.25, 0.3) is 5.91 Å². The van der Waals surface area contributed by atoms with Gasteiger partial charge < -0.3 is 25.0 Å². The number of carbonyl (C=O) groups is 2. The van der Waals surface area contributed by atoms with Crippen LogP contribution >= 0.6 is 0 Å². The van der Waals surface area contributed by atoms with Crippen LogP contribution in [0.3, 0.4) is 0 Å². The van der Waals surface area contributed by atoms with E-state index in [-0.39, 0.29) is 5.91 Å². The average Bonchev–Trinajstić information content (AvgIpc) is 2.92. The number of halogens is 3. The van der Waals surface area contributed by atoms with Crippen LogP contribution in [0.1, 0.15) is 16.1 Å². The van der Waals surface area contributed by atoms with Gasteiger partial charge in [-0.3, -0.25) is 9.78 Å². The number of aromatic nitrogens is 2. The number of rotatable bonds is 6. The lowest BCUT2D eigenvalue weighted by molar-refractivity contribution is -0.192. The highest BCUT2D eigenvalue weighted by Gasteiger charge is 2.38. The predicted octanol–water partition coefficient (Wildman–Crippen LogP) is 3.38. The first-order chi connectivity index (χ1) is 17.7. The van der Waals surface area contributed by atoms with E-state index >= 15 is 0 Å². The summed E-state index contributed by atoms with van der Waals surface area (Å²) in [6, 6.07) is 15.5. The molecule has 0 aliphatic carbocycles. The maximum Gasteiger partial charge on any atom is 0.490 e. The minimum atomic E-state index is -5.08. The van der Waals surface area contributed by atoms with Crippen LogP contribution < -0.4 is 19.9 Å². The number of carboxylic acid groups (broad SMARTS) is 1. The number of nitrogens with zero attached hydrogens (tertiary/aromatic N) is 4. The molecule has 0 bridgehead atoms. The first-order valence-corrected chi connectivity index (χ1v) is 11.2. The second-order valence-electron chi connectivity index (χ2n) is 7.88. The third-order valence-electron chi connectivity index (χ3n) is 5.53. The van der Waals surface area contributed by atoms with Gasteiger partial charge >= 0.3 is 12.1 Å². The molecule has 0 unspecified atom stereocenters. The van der Waals surface area contributed by atoms with Gasteiger partial charge in [0.1, 0.15) is 11.4 Å². The van der Waals surface area contributed by atoms with Crippen LogP contribution in [-0.2, 0) is 11.3 Å². The fraction of sp³-hybridized carbons (Fsp3) is 0.280. The number of piperazine rings is 1. The summed E-state index contributed by atoms with van der Waals surface area (Å²) in [6.07, 6.45) is 0.340. The Morgan fingerprint density at radius 3 is 2.11 bits per heavy atom. The molecule has 0 radical (unpaired) electrons. The summed E-state index contributed by atoms with van der Waals surface area (Å²) in [7, 11) is 1.62. The number of methoxy groups -OCH3 is 1. The van der Waals surface area contributed by atoms with E-state index in [1.165, 1.54) is 5.69 Å². The van der Waals surface area contributed by atoms with Gasteiger partial charge in [0.15, 0.2) is 0 Å². The molecular formula is C25H26F3N5O4. The predicted molar refractivity (Wildman–Crippen MR) is 131 cm³/mol. The number of hydrogen-bond acceptors (Lipinski definition) is 7. The number of carbonyl (C=O) groups excluding carboxylic acids is 1. The van der Waals surface area contributed by atoms with Crippen molar-refractivity contribution in [2.75, 3.05) is 43.1 Å². The SMILES string of the molecule is COc1ccccc1CNC(=O)c1ccc(N2CCN(c3ccncc3)CC2)cn1.O=C(O)C(F)(F)F. The number of ether oxygens (including phenoxy) is 1. The van der Waals surface area contributed by atoms with Gasteiger partial charge in [-0.25, -0.2) is 9.78 Å². The van der Waals surface area contributed by atoms with Crippen molar-refractivity contribution in [3.05, 3.63) is 78.4 Å². The van der Waals surface area contributed by atoms with Crippen LogP contribution in [-0.4, -0.2) is 66.4 Å². The number of hydrogen-bond donors (Lipinski definition) is 2. The van der Waals surface area contributed by atoms with Gasteiger partial charge in [-0.05, 0) is 30.3 Å². The first-order valence-electron chi connectivity index (χ1n) is 11.2. The van der Waals surface area contributed by atoms with Crippen LogP contribution in [0.2, 0.25) is 0 Å². The van der Waals surface area contributed by atoms with Crippen molar-refractivity contribution in [3.63, 3.8) is 0 Å². The lowest BCUT2D eigenvalue weighted by Crippen LogP contribution is -2.46. The number of carboxylic acids is 1. The Hall–Kier alpha value is -4.35. The minimum absolute atomic E-state index is 0.199. The molecule has 12 heteroatoms. The van der Waals surface area contributed by atoms with E-state index < -0.39 is 12.1 Å². The molecule has 1 saturated heterocycles. The third-order valence-corrected chi connectivity index (χ3v) is 5.53. The molecule has 1 amide bonds. The fourth-order valence-corrected chi connectivity index (χ4v) is 3.60. The molecule has 0 saturated carbocycles. The number of alkyl halides is 3. The monoisotopic (exact) mass is 517 g/mol. The molecule has 37 heavy (non-hydrogen) atoms. The summed E-state index contributed by atoms with van der Waals surface area (Å²) in [5.74, 6) is -2.20. The Morgan fingerprint density at radius 2 is 1.57 bits per heavy atom. The highest BCUT2D eigenvalue weighted by molar-refractivity contribution is 5.92. The summed E-state index contributed by atoms with van der Waals surface area (Å²) in [6.45, 7) is 4.08. The fourth-order valence-electron chi connectivity index (χ4n) is 3.60. The van der Waals surface area contributed by atoms with Gasteiger partial charge in [-0.2, -0.15) is 13.2 Å². The van der Waals surface area contributed by atoms with E-state index in [9.17, 15) is 18.0 Å². The Morgan fingerprint density at radius 1 is 0.973 bits per heavy atom. The molecule has 9 nitrogen and oxygen atoms in total. The molecule has 0 spiro atoms. The first kappa shape index (κ1) is 27.2. The smallest absolute Gasteiger partial charge is 0.490 e. The molecule has 2 aromatic heterocycles. The molecule has 0 atom stereocenters. The minimum Gasteiger partial charge on any atom is -0.496 e. The van der Waals surface area contributed by atoms with Crippen LogP contribution in [0, 0.1) is 0 Å². The largest absolute Gasteiger partial charge is 0.496 e. The number of anilines is 2. The third kappa shape index (κ3) is 7.82. The highest BCUT2D eigenvalue weighted by Crippen LogP contribution is 2.20. The maximum atomic E-state index is 12.5.